The van der Waals surface area contributed by atoms with Gasteiger partial charge in [0.2, 0.25) is 0 Å². The molecule has 0 saturated carbocycles. The van der Waals surface area contributed by atoms with Crippen molar-refractivity contribution in [1.29, 1.82) is 0 Å². The summed E-state index contributed by atoms with van der Waals surface area (Å²) in [5.74, 6) is 0.481. The number of hydrogen-bond donors (Lipinski definition) is 2. The molecule has 2 aromatic rings. The number of aromatic nitrogens is 1. The van der Waals surface area contributed by atoms with Gasteiger partial charge in [0.1, 0.15) is 5.82 Å². The maximum absolute atomic E-state index is 5.84. The van der Waals surface area contributed by atoms with Gasteiger partial charge in [0.25, 0.3) is 0 Å². The molecule has 0 spiro atoms. The van der Waals surface area contributed by atoms with Gasteiger partial charge < -0.3 is 11.5 Å². The molecule has 0 radical (unpaired) electrons. The Bertz CT molecular complexity index is 494. The molecule has 0 aliphatic rings. The third kappa shape index (κ3) is 2.01. The molecular formula is C12H12ClN3. The van der Waals surface area contributed by atoms with Crippen LogP contribution in [0.4, 0.5) is 5.82 Å². The summed E-state index contributed by atoms with van der Waals surface area (Å²) in [6, 6.07) is 9.47. The van der Waals surface area contributed by atoms with Crippen LogP contribution in [0, 0.1) is 0 Å². The van der Waals surface area contributed by atoms with Crippen LogP contribution >= 0.6 is 11.6 Å². The van der Waals surface area contributed by atoms with E-state index in [9.17, 15) is 0 Å². The molecule has 1 aromatic carbocycles. The van der Waals surface area contributed by atoms with E-state index >= 15 is 0 Å². The minimum Gasteiger partial charge on any atom is -0.383 e. The van der Waals surface area contributed by atoms with Crippen molar-refractivity contribution >= 4 is 17.4 Å². The lowest BCUT2D eigenvalue weighted by atomic mass is 10.0. The molecule has 0 aliphatic carbocycles. The predicted octanol–water partition coefficient (Wildman–Crippen LogP) is 2.44. The minimum absolute atomic E-state index is 0.373. The zero-order valence-corrected chi connectivity index (χ0v) is 9.41. The Kier molecular flexibility index (Phi) is 3.08. The first-order valence-electron chi connectivity index (χ1n) is 4.91. The van der Waals surface area contributed by atoms with Gasteiger partial charge >= 0.3 is 0 Å². The van der Waals surface area contributed by atoms with Gasteiger partial charge in [-0.15, -0.1) is 0 Å². The fraction of sp³-hybridized carbons (Fsp3) is 0.0833. The van der Waals surface area contributed by atoms with Crippen LogP contribution in [0.5, 0.6) is 0 Å². The highest BCUT2D eigenvalue weighted by atomic mass is 35.5. The van der Waals surface area contributed by atoms with Crippen molar-refractivity contribution in [1.82, 2.24) is 4.98 Å². The number of halogens is 1. The second-order valence-electron chi connectivity index (χ2n) is 3.43. The average Bonchev–Trinajstić information content (AvgIpc) is 2.30. The molecule has 2 rings (SSSR count). The fourth-order valence-electron chi connectivity index (χ4n) is 1.62. The van der Waals surface area contributed by atoms with Crippen LogP contribution in [0.25, 0.3) is 11.1 Å². The minimum atomic E-state index is 0.373. The molecule has 0 aliphatic heterocycles. The second-order valence-corrected chi connectivity index (χ2v) is 3.87. The molecular weight excluding hydrogens is 222 g/mol. The van der Waals surface area contributed by atoms with Crippen LogP contribution in [0.2, 0.25) is 5.02 Å². The van der Waals surface area contributed by atoms with Crippen LogP contribution in [-0.2, 0) is 6.54 Å². The topological polar surface area (TPSA) is 64.9 Å². The molecule has 1 heterocycles. The first-order valence-corrected chi connectivity index (χ1v) is 5.29. The van der Waals surface area contributed by atoms with Crippen molar-refractivity contribution < 1.29 is 0 Å². The van der Waals surface area contributed by atoms with Crippen molar-refractivity contribution in [2.45, 2.75) is 6.54 Å². The van der Waals surface area contributed by atoms with Crippen molar-refractivity contribution in [2.75, 3.05) is 5.73 Å². The smallest absolute Gasteiger partial charge is 0.128 e. The maximum atomic E-state index is 5.84. The molecule has 4 N–H and O–H groups in total. The van der Waals surface area contributed by atoms with E-state index in [2.05, 4.69) is 4.98 Å². The standard InChI is InChI=1S/C12H12ClN3/c13-9-3-1-8(2-4-9)10-5-6-16-12(15)11(10)7-14/h1-6H,7,14H2,(H2,15,16). The van der Waals surface area contributed by atoms with Crippen LogP contribution in [0.1, 0.15) is 5.56 Å². The molecule has 0 unspecified atom stereocenters. The van der Waals surface area contributed by atoms with E-state index in [1.165, 1.54) is 0 Å². The van der Waals surface area contributed by atoms with E-state index in [1.807, 2.05) is 30.3 Å². The molecule has 16 heavy (non-hydrogen) atoms. The highest BCUT2D eigenvalue weighted by Crippen LogP contribution is 2.27. The largest absolute Gasteiger partial charge is 0.383 e. The third-order valence-corrected chi connectivity index (χ3v) is 2.70. The Morgan fingerprint density at radius 3 is 2.44 bits per heavy atom. The monoisotopic (exact) mass is 233 g/mol. The zero-order chi connectivity index (χ0) is 11.5. The number of nitrogen functional groups attached to an aromatic ring is 1. The Balaban J connectivity index is 2.55. The van der Waals surface area contributed by atoms with Gasteiger partial charge in [0, 0.05) is 23.3 Å². The summed E-state index contributed by atoms with van der Waals surface area (Å²) in [4.78, 5) is 4.03. The predicted molar refractivity (Wildman–Crippen MR) is 67.0 cm³/mol. The normalized spacial score (nSPS) is 10.4. The summed E-state index contributed by atoms with van der Waals surface area (Å²) >= 11 is 5.84. The lowest BCUT2D eigenvalue weighted by Gasteiger charge is -2.09. The van der Waals surface area contributed by atoms with E-state index in [0.717, 1.165) is 16.7 Å². The van der Waals surface area contributed by atoms with E-state index in [-0.39, 0.29) is 0 Å². The Hall–Kier alpha value is -1.58. The van der Waals surface area contributed by atoms with Gasteiger partial charge in [-0.05, 0) is 29.3 Å². The van der Waals surface area contributed by atoms with Gasteiger partial charge in [0.15, 0.2) is 0 Å². The lowest BCUT2D eigenvalue weighted by Crippen LogP contribution is -2.05. The van der Waals surface area contributed by atoms with Crippen molar-refractivity contribution in [3.05, 3.63) is 47.1 Å². The molecule has 0 fully saturated rings. The summed E-state index contributed by atoms with van der Waals surface area (Å²) in [5, 5.41) is 0.708. The molecule has 4 heteroatoms. The summed E-state index contributed by atoms with van der Waals surface area (Å²) in [5.41, 5.74) is 14.4. The molecule has 82 valence electrons. The summed E-state index contributed by atoms with van der Waals surface area (Å²) in [6.45, 7) is 0.373. The van der Waals surface area contributed by atoms with Crippen LogP contribution in [0.3, 0.4) is 0 Å². The van der Waals surface area contributed by atoms with Crippen LogP contribution in [-0.4, -0.2) is 4.98 Å². The van der Waals surface area contributed by atoms with Gasteiger partial charge in [-0.3, -0.25) is 0 Å². The van der Waals surface area contributed by atoms with E-state index in [4.69, 9.17) is 23.1 Å². The number of hydrogen-bond acceptors (Lipinski definition) is 3. The van der Waals surface area contributed by atoms with Crippen molar-refractivity contribution in [3.63, 3.8) is 0 Å². The highest BCUT2D eigenvalue weighted by molar-refractivity contribution is 6.30. The highest BCUT2D eigenvalue weighted by Gasteiger charge is 2.07. The molecule has 0 bridgehead atoms. The van der Waals surface area contributed by atoms with Gasteiger partial charge in [-0.2, -0.15) is 0 Å². The van der Waals surface area contributed by atoms with Gasteiger partial charge in [0.05, 0.1) is 0 Å². The number of pyridine rings is 1. The van der Waals surface area contributed by atoms with Crippen molar-refractivity contribution in [3.8, 4) is 11.1 Å². The van der Waals surface area contributed by atoms with Crippen LogP contribution in [0.15, 0.2) is 36.5 Å². The average molecular weight is 234 g/mol. The number of anilines is 1. The number of rotatable bonds is 2. The maximum Gasteiger partial charge on any atom is 0.128 e. The van der Waals surface area contributed by atoms with E-state index in [1.54, 1.807) is 6.20 Å². The van der Waals surface area contributed by atoms with Crippen LogP contribution < -0.4 is 11.5 Å². The number of nitrogens with two attached hydrogens (primary N) is 2. The molecule has 3 nitrogen and oxygen atoms in total. The Morgan fingerprint density at radius 1 is 1.12 bits per heavy atom. The quantitative estimate of drug-likeness (QED) is 0.838. The molecule has 0 atom stereocenters. The fourth-order valence-corrected chi connectivity index (χ4v) is 1.75. The first-order chi connectivity index (χ1) is 7.72. The molecule has 0 saturated heterocycles. The number of nitrogens with zero attached hydrogens (tertiary/aromatic N) is 1. The van der Waals surface area contributed by atoms with Crippen molar-refractivity contribution in [2.24, 2.45) is 5.73 Å². The molecule has 1 aromatic heterocycles. The lowest BCUT2D eigenvalue weighted by molar-refractivity contribution is 1.06. The number of benzene rings is 1. The Labute approximate surface area is 99.1 Å². The summed E-state index contributed by atoms with van der Waals surface area (Å²) in [7, 11) is 0. The molecule has 0 amide bonds. The van der Waals surface area contributed by atoms with Gasteiger partial charge in [-0.1, -0.05) is 23.7 Å². The summed E-state index contributed by atoms with van der Waals surface area (Å²) < 4.78 is 0. The Morgan fingerprint density at radius 2 is 1.81 bits per heavy atom. The van der Waals surface area contributed by atoms with Gasteiger partial charge in [-0.25, -0.2) is 4.98 Å². The van der Waals surface area contributed by atoms with E-state index < -0.39 is 0 Å². The summed E-state index contributed by atoms with van der Waals surface area (Å²) in [6.07, 6.45) is 1.68. The second kappa shape index (κ2) is 4.51. The zero-order valence-electron chi connectivity index (χ0n) is 8.65. The first kappa shape index (κ1) is 10.9. The SMILES string of the molecule is NCc1c(-c2ccc(Cl)cc2)ccnc1N. The third-order valence-electron chi connectivity index (χ3n) is 2.45. The van der Waals surface area contributed by atoms with E-state index in [0.29, 0.717) is 17.4 Å².